The van der Waals surface area contributed by atoms with Crippen LogP contribution in [-0.2, 0) is 0 Å². The van der Waals surface area contributed by atoms with Crippen LogP contribution in [0.5, 0.6) is 0 Å². The zero-order valence-electron chi connectivity index (χ0n) is 13.0. The van der Waals surface area contributed by atoms with Crippen LogP contribution < -0.4 is 10.9 Å². The number of nitrogens with one attached hydrogen (secondary N) is 2. The van der Waals surface area contributed by atoms with E-state index in [0.29, 0.717) is 16.7 Å². The number of H-pyrrole nitrogens is 1. The van der Waals surface area contributed by atoms with Gasteiger partial charge in [0.1, 0.15) is 11.1 Å². The molecule has 0 aliphatic rings. The van der Waals surface area contributed by atoms with Crippen LogP contribution in [0.4, 0.5) is 5.69 Å². The number of carbonyl (C=O) groups excluding carboxylic acids is 1. The van der Waals surface area contributed by atoms with Gasteiger partial charge in [-0.3, -0.25) is 4.79 Å². The Balaban J connectivity index is 1.60. The molecule has 0 atom stereocenters. The van der Waals surface area contributed by atoms with Crippen LogP contribution in [0, 0.1) is 0 Å². The topological polar surface area (TPSA) is 88.0 Å². The maximum atomic E-state index is 12.4. The first-order valence-electron chi connectivity index (χ1n) is 7.64. The number of hydrogen-bond donors (Lipinski definition) is 2. The van der Waals surface area contributed by atoms with Crippen LogP contribution >= 0.6 is 0 Å². The van der Waals surface area contributed by atoms with Gasteiger partial charge in [0.2, 0.25) is 0 Å². The second-order valence-electron chi connectivity index (χ2n) is 5.48. The molecule has 0 bridgehead atoms. The first-order chi connectivity index (χ1) is 12.2. The number of hydrogen-bond acceptors (Lipinski definition) is 4. The Morgan fingerprint density at radius 2 is 1.88 bits per heavy atom. The van der Waals surface area contributed by atoms with Crippen molar-refractivity contribution in [3.8, 4) is 11.3 Å². The van der Waals surface area contributed by atoms with E-state index in [2.05, 4.69) is 15.3 Å². The van der Waals surface area contributed by atoms with Gasteiger partial charge in [-0.25, -0.2) is 9.78 Å². The van der Waals surface area contributed by atoms with Gasteiger partial charge in [0, 0.05) is 11.1 Å². The summed E-state index contributed by atoms with van der Waals surface area (Å²) in [6.45, 7) is 0. The van der Waals surface area contributed by atoms with Crippen molar-refractivity contribution >= 4 is 22.6 Å². The molecule has 2 heterocycles. The van der Waals surface area contributed by atoms with E-state index in [-0.39, 0.29) is 5.56 Å². The maximum Gasteiger partial charge on any atom is 0.349 e. The predicted octanol–water partition coefficient (Wildman–Crippen LogP) is 3.44. The summed E-state index contributed by atoms with van der Waals surface area (Å²) in [6.07, 6.45) is 3.32. The molecular weight excluding hydrogens is 318 g/mol. The van der Waals surface area contributed by atoms with Crippen LogP contribution in [0.1, 0.15) is 10.4 Å². The summed E-state index contributed by atoms with van der Waals surface area (Å²) in [7, 11) is 0. The molecule has 4 aromatic rings. The lowest BCUT2D eigenvalue weighted by Gasteiger charge is -2.06. The van der Waals surface area contributed by atoms with E-state index in [9.17, 15) is 9.59 Å². The van der Waals surface area contributed by atoms with E-state index in [1.54, 1.807) is 42.9 Å². The van der Waals surface area contributed by atoms with Gasteiger partial charge in [-0.15, -0.1) is 0 Å². The molecule has 0 unspecified atom stereocenters. The largest absolute Gasteiger partial charge is 0.422 e. The summed E-state index contributed by atoms with van der Waals surface area (Å²) < 4.78 is 5.19. The molecule has 0 aliphatic heterocycles. The van der Waals surface area contributed by atoms with Gasteiger partial charge in [-0.2, -0.15) is 0 Å². The fourth-order valence-corrected chi connectivity index (χ4v) is 2.57. The van der Waals surface area contributed by atoms with Crippen LogP contribution in [0.15, 0.2) is 76.3 Å². The van der Waals surface area contributed by atoms with Crippen molar-refractivity contribution in [2.24, 2.45) is 0 Å². The SMILES string of the molecule is O=C(Nc1ccc(-c2cnc[nH]2)cc1)c1cc2ccccc2oc1=O. The molecule has 0 aliphatic carbocycles. The minimum absolute atomic E-state index is 0.0312. The van der Waals surface area contributed by atoms with Gasteiger partial charge in [0.25, 0.3) is 5.91 Å². The molecule has 6 heteroatoms. The number of aromatic amines is 1. The number of rotatable bonds is 3. The Morgan fingerprint density at radius 1 is 1.08 bits per heavy atom. The lowest BCUT2D eigenvalue weighted by molar-refractivity contribution is 0.102. The molecule has 2 aromatic heterocycles. The van der Waals surface area contributed by atoms with Gasteiger partial charge in [-0.1, -0.05) is 30.3 Å². The lowest BCUT2D eigenvalue weighted by atomic mass is 10.1. The van der Waals surface area contributed by atoms with Gasteiger partial charge < -0.3 is 14.7 Å². The zero-order valence-corrected chi connectivity index (χ0v) is 13.0. The highest BCUT2D eigenvalue weighted by Crippen LogP contribution is 2.19. The normalized spacial score (nSPS) is 10.7. The molecule has 0 fully saturated rings. The molecule has 0 radical (unpaired) electrons. The molecule has 0 spiro atoms. The molecule has 0 saturated heterocycles. The van der Waals surface area contributed by atoms with Crippen molar-refractivity contribution in [2.45, 2.75) is 0 Å². The second kappa shape index (κ2) is 6.09. The highest BCUT2D eigenvalue weighted by atomic mass is 16.4. The van der Waals surface area contributed by atoms with Gasteiger partial charge in [0.15, 0.2) is 0 Å². The highest BCUT2D eigenvalue weighted by molar-refractivity contribution is 6.05. The molecule has 2 N–H and O–H groups in total. The summed E-state index contributed by atoms with van der Waals surface area (Å²) in [6, 6.07) is 15.8. The van der Waals surface area contributed by atoms with Crippen LogP contribution in [0.25, 0.3) is 22.2 Å². The van der Waals surface area contributed by atoms with Crippen molar-refractivity contribution in [1.29, 1.82) is 0 Å². The quantitative estimate of drug-likeness (QED) is 0.563. The third-order valence-electron chi connectivity index (χ3n) is 3.84. The average molecular weight is 331 g/mol. The average Bonchev–Trinajstić information content (AvgIpc) is 3.16. The van der Waals surface area contributed by atoms with Crippen molar-refractivity contribution in [3.05, 3.63) is 83.1 Å². The lowest BCUT2D eigenvalue weighted by Crippen LogP contribution is -2.20. The fourth-order valence-electron chi connectivity index (χ4n) is 2.57. The Hall–Kier alpha value is -3.67. The van der Waals surface area contributed by atoms with Crippen LogP contribution in [0.2, 0.25) is 0 Å². The molecule has 2 aromatic carbocycles. The number of amides is 1. The number of nitrogens with zero attached hydrogens (tertiary/aromatic N) is 1. The van der Waals surface area contributed by atoms with Gasteiger partial charge in [-0.05, 0) is 29.8 Å². The number of anilines is 1. The molecular formula is C19H13N3O3. The summed E-state index contributed by atoms with van der Waals surface area (Å²) in [5.74, 6) is -0.506. The molecule has 122 valence electrons. The van der Waals surface area contributed by atoms with Crippen molar-refractivity contribution in [1.82, 2.24) is 9.97 Å². The number of carbonyl (C=O) groups is 1. The number of fused-ring (bicyclic) bond motifs is 1. The maximum absolute atomic E-state index is 12.4. The van der Waals surface area contributed by atoms with E-state index in [1.807, 2.05) is 18.2 Å². The molecule has 4 rings (SSSR count). The molecule has 25 heavy (non-hydrogen) atoms. The zero-order chi connectivity index (χ0) is 17.2. The second-order valence-corrected chi connectivity index (χ2v) is 5.48. The van der Waals surface area contributed by atoms with Crippen molar-refractivity contribution in [3.63, 3.8) is 0 Å². The monoisotopic (exact) mass is 331 g/mol. The smallest absolute Gasteiger partial charge is 0.349 e. The Bertz CT molecular complexity index is 1100. The van der Waals surface area contributed by atoms with Gasteiger partial charge in [0.05, 0.1) is 18.2 Å². The molecule has 1 amide bonds. The summed E-state index contributed by atoms with van der Waals surface area (Å²) in [4.78, 5) is 31.4. The first-order valence-corrected chi connectivity index (χ1v) is 7.64. The third-order valence-corrected chi connectivity index (χ3v) is 3.84. The summed E-state index contributed by atoms with van der Waals surface area (Å²) >= 11 is 0. The number of benzene rings is 2. The van der Waals surface area contributed by atoms with E-state index in [0.717, 1.165) is 11.3 Å². The standard InChI is InChI=1S/C19H13N3O3/c23-18(15-9-13-3-1-2-4-17(13)25-19(15)24)22-14-7-5-12(6-8-14)16-10-20-11-21-16/h1-11H,(H,20,21)(H,22,23). The van der Waals surface area contributed by atoms with E-state index < -0.39 is 11.5 Å². The van der Waals surface area contributed by atoms with E-state index in [1.165, 1.54) is 6.07 Å². The predicted molar refractivity (Wildman–Crippen MR) is 94.5 cm³/mol. The Kier molecular flexibility index (Phi) is 3.63. The number of imidazole rings is 1. The number of aromatic nitrogens is 2. The van der Waals surface area contributed by atoms with E-state index in [4.69, 9.17) is 4.42 Å². The van der Waals surface area contributed by atoms with Crippen molar-refractivity contribution < 1.29 is 9.21 Å². The molecule has 0 saturated carbocycles. The first kappa shape index (κ1) is 14.9. The Morgan fingerprint density at radius 3 is 2.64 bits per heavy atom. The minimum atomic E-state index is -0.662. The van der Waals surface area contributed by atoms with Crippen LogP contribution in [-0.4, -0.2) is 15.9 Å². The Labute approximate surface area is 142 Å². The minimum Gasteiger partial charge on any atom is -0.422 e. The summed E-state index contributed by atoms with van der Waals surface area (Å²) in [5.41, 5.74) is 2.17. The fraction of sp³-hybridized carbons (Fsp3) is 0. The third kappa shape index (κ3) is 2.92. The van der Waals surface area contributed by atoms with E-state index >= 15 is 0 Å². The van der Waals surface area contributed by atoms with Gasteiger partial charge >= 0.3 is 5.63 Å². The highest BCUT2D eigenvalue weighted by Gasteiger charge is 2.14. The van der Waals surface area contributed by atoms with Crippen molar-refractivity contribution in [2.75, 3.05) is 5.32 Å². The summed E-state index contributed by atoms with van der Waals surface area (Å²) in [5, 5.41) is 3.41. The van der Waals surface area contributed by atoms with Crippen LogP contribution in [0.3, 0.4) is 0 Å². The molecule has 6 nitrogen and oxygen atoms in total. The number of para-hydroxylation sites is 1.